The summed E-state index contributed by atoms with van der Waals surface area (Å²) in [6, 6.07) is 7.67. The quantitative estimate of drug-likeness (QED) is 0.806. The van der Waals surface area contributed by atoms with Crippen LogP contribution in [-0.2, 0) is 17.8 Å². The minimum absolute atomic E-state index is 0.0430. The standard InChI is InChI=1S/C16H19N3OS/c17-13-4-2-1-3-11(13)7-8-15(20)18-9-16-19-14(10-21-16)12-5-6-12/h1-4,10,12H,5-9,17H2,(H,18,20). The predicted molar refractivity (Wildman–Crippen MR) is 85.1 cm³/mol. The van der Waals surface area contributed by atoms with E-state index in [1.54, 1.807) is 11.3 Å². The van der Waals surface area contributed by atoms with Gasteiger partial charge >= 0.3 is 0 Å². The number of benzene rings is 1. The van der Waals surface area contributed by atoms with E-state index in [-0.39, 0.29) is 5.91 Å². The van der Waals surface area contributed by atoms with Crippen molar-refractivity contribution in [2.24, 2.45) is 0 Å². The fraction of sp³-hybridized carbons (Fsp3) is 0.375. The fourth-order valence-electron chi connectivity index (χ4n) is 2.25. The topological polar surface area (TPSA) is 68.0 Å². The van der Waals surface area contributed by atoms with E-state index in [0.29, 0.717) is 25.3 Å². The molecule has 110 valence electrons. The van der Waals surface area contributed by atoms with Crippen molar-refractivity contribution in [3.05, 3.63) is 45.9 Å². The Morgan fingerprint density at radius 1 is 1.38 bits per heavy atom. The molecule has 0 spiro atoms. The number of hydrogen-bond donors (Lipinski definition) is 2. The molecule has 2 aromatic rings. The van der Waals surface area contributed by atoms with Crippen LogP contribution in [0.1, 0.15) is 41.4 Å². The number of hydrogen-bond acceptors (Lipinski definition) is 4. The first-order valence-corrected chi connectivity index (χ1v) is 8.14. The molecule has 1 aromatic carbocycles. The van der Waals surface area contributed by atoms with Crippen LogP contribution >= 0.6 is 11.3 Å². The van der Waals surface area contributed by atoms with Gasteiger partial charge in [-0.25, -0.2) is 4.98 Å². The second-order valence-corrected chi connectivity index (χ2v) is 6.36. The van der Waals surface area contributed by atoms with E-state index in [1.165, 1.54) is 18.5 Å². The molecule has 1 fully saturated rings. The first kappa shape index (κ1) is 14.1. The number of aryl methyl sites for hydroxylation is 1. The molecule has 5 heteroatoms. The summed E-state index contributed by atoms with van der Waals surface area (Å²) in [4.78, 5) is 16.4. The molecular weight excluding hydrogens is 282 g/mol. The van der Waals surface area contributed by atoms with Gasteiger partial charge in [-0.3, -0.25) is 4.79 Å². The van der Waals surface area contributed by atoms with E-state index < -0.39 is 0 Å². The molecule has 0 bridgehead atoms. The predicted octanol–water partition coefficient (Wildman–Crippen LogP) is 2.85. The number of aromatic nitrogens is 1. The number of nitrogens with zero attached hydrogens (tertiary/aromatic N) is 1. The van der Waals surface area contributed by atoms with Gasteiger partial charge in [0.25, 0.3) is 0 Å². The van der Waals surface area contributed by atoms with E-state index in [2.05, 4.69) is 15.7 Å². The molecule has 1 aliphatic carbocycles. The third-order valence-corrected chi connectivity index (χ3v) is 4.55. The van der Waals surface area contributed by atoms with Crippen molar-refractivity contribution in [3.63, 3.8) is 0 Å². The summed E-state index contributed by atoms with van der Waals surface area (Å²) < 4.78 is 0. The van der Waals surface area contributed by atoms with Crippen molar-refractivity contribution < 1.29 is 4.79 Å². The van der Waals surface area contributed by atoms with E-state index in [4.69, 9.17) is 5.73 Å². The molecule has 21 heavy (non-hydrogen) atoms. The molecule has 1 aromatic heterocycles. The Labute approximate surface area is 128 Å². The SMILES string of the molecule is Nc1ccccc1CCC(=O)NCc1nc(C2CC2)cs1. The lowest BCUT2D eigenvalue weighted by Gasteiger charge is -2.05. The molecular formula is C16H19N3OS. The summed E-state index contributed by atoms with van der Waals surface area (Å²) in [5.41, 5.74) is 8.84. The Hall–Kier alpha value is -1.88. The minimum Gasteiger partial charge on any atom is -0.399 e. The smallest absolute Gasteiger partial charge is 0.220 e. The number of nitrogen functional groups attached to an aromatic ring is 1. The van der Waals surface area contributed by atoms with Crippen LogP contribution in [0.5, 0.6) is 0 Å². The van der Waals surface area contributed by atoms with E-state index in [9.17, 15) is 4.79 Å². The maximum absolute atomic E-state index is 11.9. The normalized spacial score (nSPS) is 14.1. The number of carbonyl (C=O) groups excluding carboxylic acids is 1. The fourth-order valence-corrected chi connectivity index (χ4v) is 3.06. The molecule has 1 saturated carbocycles. The third-order valence-electron chi connectivity index (χ3n) is 3.68. The molecule has 1 amide bonds. The van der Waals surface area contributed by atoms with Gasteiger partial charge in [0, 0.05) is 23.4 Å². The van der Waals surface area contributed by atoms with Crippen LogP contribution in [0.3, 0.4) is 0 Å². The third kappa shape index (κ3) is 3.82. The summed E-state index contributed by atoms with van der Waals surface area (Å²) >= 11 is 1.63. The molecule has 0 unspecified atom stereocenters. The summed E-state index contributed by atoms with van der Waals surface area (Å²) in [7, 11) is 0. The van der Waals surface area contributed by atoms with Crippen LogP contribution in [0.15, 0.2) is 29.6 Å². The summed E-state index contributed by atoms with van der Waals surface area (Å²) in [6.07, 6.45) is 3.64. The number of nitrogens with two attached hydrogens (primary N) is 1. The molecule has 1 heterocycles. The molecule has 0 saturated heterocycles. The van der Waals surface area contributed by atoms with Gasteiger partial charge < -0.3 is 11.1 Å². The maximum Gasteiger partial charge on any atom is 0.220 e. The average molecular weight is 301 g/mol. The first-order valence-electron chi connectivity index (χ1n) is 7.27. The van der Waals surface area contributed by atoms with Crippen LogP contribution in [0.25, 0.3) is 0 Å². The number of rotatable bonds is 6. The van der Waals surface area contributed by atoms with Crippen LogP contribution in [0.2, 0.25) is 0 Å². The van der Waals surface area contributed by atoms with Crippen LogP contribution in [0.4, 0.5) is 5.69 Å². The minimum atomic E-state index is 0.0430. The van der Waals surface area contributed by atoms with Gasteiger partial charge in [0.15, 0.2) is 0 Å². The molecule has 0 aliphatic heterocycles. The van der Waals surface area contributed by atoms with Crippen LogP contribution in [-0.4, -0.2) is 10.9 Å². The molecule has 3 N–H and O–H groups in total. The lowest BCUT2D eigenvalue weighted by Crippen LogP contribution is -2.23. The highest BCUT2D eigenvalue weighted by Crippen LogP contribution is 2.40. The van der Waals surface area contributed by atoms with E-state index in [1.807, 2.05) is 24.3 Å². The molecule has 1 aliphatic rings. The van der Waals surface area contributed by atoms with Crippen molar-refractivity contribution in [3.8, 4) is 0 Å². The Morgan fingerprint density at radius 2 is 2.19 bits per heavy atom. The van der Waals surface area contributed by atoms with Gasteiger partial charge in [0.1, 0.15) is 5.01 Å². The van der Waals surface area contributed by atoms with Crippen molar-refractivity contribution in [2.75, 3.05) is 5.73 Å². The summed E-state index contributed by atoms with van der Waals surface area (Å²) in [5.74, 6) is 0.716. The number of para-hydroxylation sites is 1. The average Bonchev–Trinajstić information content (AvgIpc) is 3.23. The lowest BCUT2D eigenvalue weighted by molar-refractivity contribution is -0.121. The zero-order valence-electron chi connectivity index (χ0n) is 11.8. The number of amides is 1. The van der Waals surface area contributed by atoms with Gasteiger partial charge in [-0.15, -0.1) is 11.3 Å². The Bertz CT molecular complexity index is 634. The Kier molecular flexibility index (Phi) is 4.20. The summed E-state index contributed by atoms with van der Waals surface area (Å²) in [5, 5.41) is 6.03. The molecule has 3 rings (SSSR count). The van der Waals surface area contributed by atoms with E-state index >= 15 is 0 Å². The van der Waals surface area contributed by atoms with Crippen LogP contribution < -0.4 is 11.1 Å². The molecule has 0 atom stereocenters. The Morgan fingerprint density at radius 3 is 2.95 bits per heavy atom. The van der Waals surface area contributed by atoms with Gasteiger partial charge in [-0.05, 0) is 30.9 Å². The van der Waals surface area contributed by atoms with Crippen molar-refractivity contribution in [1.82, 2.24) is 10.3 Å². The number of anilines is 1. The number of nitrogens with one attached hydrogen (secondary N) is 1. The molecule has 0 radical (unpaired) electrons. The van der Waals surface area contributed by atoms with Gasteiger partial charge in [-0.2, -0.15) is 0 Å². The highest BCUT2D eigenvalue weighted by atomic mass is 32.1. The lowest BCUT2D eigenvalue weighted by atomic mass is 10.1. The zero-order valence-corrected chi connectivity index (χ0v) is 12.7. The van der Waals surface area contributed by atoms with Crippen molar-refractivity contribution in [1.29, 1.82) is 0 Å². The Balaban J connectivity index is 1.44. The second kappa shape index (κ2) is 6.26. The number of carbonyl (C=O) groups is 1. The van der Waals surface area contributed by atoms with Crippen molar-refractivity contribution >= 4 is 22.9 Å². The zero-order chi connectivity index (χ0) is 14.7. The number of thiazole rings is 1. The second-order valence-electron chi connectivity index (χ2n) is 5.42. The largest absolute Gasteiger partial charge is 0.399 e. The van der Waals surface area contributed by atoms with Crippen molar-refractivity contribution in [2.45, 2.75) is 38.1 Å². The van der Waals surface area contributed by atoms with Gasteiger partial charge in [-0.1, -0.05) is 18.2 Å². The summed E-state index contributed by atoms with van der Waals surface area (Å²) in [6.45, 7) is 0.528. The van der Waals surface area contributed by atoms with Crippen LogP contribution in [0, 0.1) is 0 Å². The highest BCUT2D eigenvalue weighted by molar-refractivity contribution is 7.09. The highest BCUT2D eigenvalue weighted by Gasteiger charge is 2.25. The van der Waals surface area contributed by atoms with E-state index in [0.717, 1.165) is 16.3 Å². The molecule has 4 nitrogen and oxygen atoms in total. The maximum atomic E-state index is 11.9. The monoisotopic (exact) mass is 301 g/mol. The first-order chi connectivity index (χ1) is 10.2. The van der Waals surface area contributed by atoms with Gasteiger partial charge in [0.05, 0.1) is 12.2 Å². The van der Waals surface area contributed by atoms with Gasteiger partial charge in [0.2, 0.25) is 5.91 Å².